The number of halogens is 1. The third-order valence-corrected chi connectivity index (χ3v) is 1.47. The van der Waals surface area contributed by atoms with Crippen molar-refractivity contribution in [1.82, 2.24) is 9.97 Å². The summed E-state index contributed by atoms with van der Waals surface area (Å²) in [7, 11) is 0. The molecule has 3 nitrogen and oxygen atoms in total. The SMILES string of the molecule is N#CCc1ncc(I)cn1. The minimum atomic E-state index is 0.289. The maximum atomic E-state index is 8.26. The van der Waals surface area contributed by atoms with Gasteiger partial charge in [0.2, 0.25) is 0 Å². The Morgan fingerprint density at radius 2 is 2.10 bits per heavy atom. The highest BCUT2D eigenvalue weighted by atomic mass is 127. The lowest BCUT2D eigenvalue weighted by Gasteiger charge is -1.90. The summed E-state index contributed by atoms with van der Waals surface area (Å²) in [5.41, 5.74) is 0. The Kier molecular flexibility index (Phi) is 2.57. The van der Waals surface area contributed by atoms with E-state index in [1.165, 1.54) is 0 Å². The molecule has 0 N–H and O–H groups in total. The van der Waals surface area contributed by atoms with Gasteiger partial charge in [-0.05, 0) is 22.6 Å². The molecule has 0 aliphatic rings. The normalized spacial score (nSPS) is 8.80. The van der Waals surface area contributed by atoms with E-state index in [0.29, 0.717) is 5.82 Å². The largest absolute Gasteiger partial charge is 0.239 e. The first-order valence-electron chi connectivity index (χ1n) is 2.66. The van der Waals surface area contributed by atoms with Crippen molar-refractivity contribution in [3.63, 3.8) is 0 Å². The molecule has 1 aromatic heterocycles. The van der Waals surface area contributed by atoms with E-state index in [-0.39, 0.29) is 6.42 Å². The average molecular weight is 245 g/mol. The van der Waals surface area contributed by atoms with Crippen molar-refractivity contribution in [2.24, 2.45) is 0 Å². The van der Waals surface area contributed by atoms with Crippen LogP contribution >= 0.6 is 22.6 Å². The van der Waals surface area contributed by atoms with Crippen molar-refractivity contribution >= 4 is 22.6 Å². The van der Waals surface area contributed by atoms with Gasteiger partial charge in [-0.1, -0.05) is 0 Å². The molecule has 1 rings (SSSR count). The monoisotopic (exact) mass is 245 g/mol. The molecule has 0 aromatic carbocycles. The fourth-order valence-electron chi connectivity index (χ4n) is 0.501. The molecule has 4 heteroatoms. The van der Waals surface area contributed by atoms with Gasteiger partial charge in [0, 0.05) is 16.0 Å². The van der Waals surface area contributed by atoms with Crippen molar-refractivity contribution in [3.05, 3.63) is 21.8 Å². The lowest BCUT2D eigenvalue weighted by molar-refractivity contribution is 0.986. The van der Waals surface area contributed by atoms with Crippen LogP contribution in [0.2, 0.25) is 0 Å². The van der Waals surface area contributed by atoms with Gasteiger partial charge in [0.1, 0.15) is 5.82 Å². The van der Waals surface area contributed by atoms with Crippen LogP contribution in [0.1, 0.15) is 5.82 Å². The summed E-state index contributed by atoms with van der Waals surface area (Å²) in [4.78, 5) is 7.85. The quantitative estimate of drug-likeness (QED) is 0.697. The zero-order chi connectivity index (χ0) is 7.40. The van der Waals surface area contributed by atoms with E-state index in [2.05, 4.69) is 32.6 Å². The van der Waals surface area contributed by atoms with Gasteiger partial charge in [-0.3, -0.25) is 0 Å². The molecule has 0 atom stereocenters. The molecule has 0 fully saturated rings. The molecular weight excluding hydrogens is 241 g/mol. The molecular formula is C6H4IN3. The fraction of sp³-hybridized carbons (Fsp3) is 0.167. The van der Waals surface area contributed by atoms with Crippen LogP contribution < -0.4 is 0 Å². The third-order valence-electron chi connectivity index (χ3n) is 0.911. The summed E-state index contributed by atoms with van der Waals surface area (Å²) < 4.78 is 0.985. The van der Waals surface area contributed by atoms with E-state index in [4.69, 9.17) is 5.26 Å². The van der Waals surface area contributed by atoms with Crippen LogP contribution in [0.3, 0.4) is 0 Å². The van der Waals surface area contributed by atoms with Crippen LogP contribution in [0.15, 0.2) is 12.4 Å². The van der Waals surface area contributed by atoms with Crippen LogP contribution in [0.4, 0.5) is 0 Å². The Bertz CT molecular complexity index is 249. The number of aromatic nitrogens is 2. The molecule has 0 amide bonds. The second-order valence-corrected chi connectivity index (χ2v) is 2.90. The minimum Gasteiger partial charge on any atom is -0.239 e. The number of rotatable bonds is 1. The van der Waals surface area contributed by atoms with Crippen LogP contribution in [0, 0.1) is 14.9 Å². The molecule has 0 spiro atoms. The molecule has 10 heavy (non-hydrogen) atoms. The Labute approximate surface area is 72.3 Å². The molecule has 50 valence electrons. The van der Waals surface area contributed by atoms with Gasteiger partial charge in [0.15, 0.2) is 0 Å². The maximum Gasteiger partial charge on any atom is 0.142 e. The van der Waals surface area contributed by atoms with E-state index >= 15 is 0 Å². The van der Waals surface area contributed by atoms with Crippen molar-refractivity contribution in [1.29, 1.82) is 5.26 Å². The second-order valence-electron chi connectivity index (χ2n) is 1.65. The fourth-order valence-corrected chi connectivity index (χ4v) is 0.780. The first-order valence-corrected chi connectivity index (χ1v) is 3.74. The smallest absolute Gasteiger partial charge is 0.142 e. The molecule has 0 unspecified atom stereocenters. The van der Waals surface area contributed by atoms with Crippen LogP contribution in [0.5, 0.6) is 0 Å². The van der Waals surface area contributed by atoms with Gasteiger partial charge in [-0.25, -0.2) is 9.97 Å². The zero-order valence-corrected chi connectivity index (χ0v) is 7.24. The molecule has 0 saturated carbocycles. The van der Waals surface area contributed by atoms with E-state index in [1.54, 1.807) is 12.4 Å². The third kappa shape index (κ3) is 1.92. The van der Waals surface area contributed by atoms with E-state index in [0.717, 1.165) is 3.57 Å². The first kappa shape index (κ1) is 7.41. The minimum absolute atomic E-state index is 0.289. The molecule has 1 aromatic rings. The highest BCUT2D eigenvalue weighted by Gasteiger charge is 1.92. The number of nitrogens with zero attached hydrogens (tertiary/aromatic N) is 3. The summed E-state index contributed by atoms with van der Waals surface area (Å²) in [6.45, 7) is 0. The summed E-state index contributed by atoms with van der Waals surface area (Å²) >= 11 is 2.12. The summed E-state index contributed by atoms with van der Waals surface area (Å²) in [6.07, 6.45) is 3.68. The van der Waals surface area contributed by atoms with E-state index in [9.17, 15) is 0 Å². The second kappa shape index (κ2) is 3.46. The Morgan fingerprint density at radius 1 is 1.50 bits per heavy atom. The van der Waals surface area contributed by atoms with Crippen LogP contribution in [-0.2, 0) is 6.42 Å². The van der Waals surface area contributed by atoms with E-state index < -0.39 is 0 Å². The molecule has 0 saturated heterocycles. The summed E-state index contributed by atoms with van der Waals surface area (Å²) in [5, 5.41) is 8.26. The molecule has 0 aliphatic heterocycles. The standard InChI is InChI=1S/C6H4IN3/c7-5-3-9-6(1-2-8)10-4-5/h3-4H,1H2. The van der Waals surface area contributed by atoms with Crippen molar-refractivity contribution in [2.45, 2.75) is 6.42 Å². The average Bonchev–Trinajstić information content (AvgIpc) is 1.95. The van der Waals surface area contributed by atoms with Gasteiger partial charge >= 0.3 is 0 Å². The lowest BCUT2D eigenvalue weighted by Crippen LogP contribution is -1.91. The Hall–Kier alpha value is -0.700. The zero-order valence-electron chi connectivity index (χ0n) is 5.08. The Balaban J connectivity index is 2.81. The van der Waals surface area contributed by atoms with Gasteiger partial charge < -0.3 is 0 Å². The Morgan fingerprint density at radius 3 is 2.60 bits per heavy atom. The molecule has 0 aliphatic carbocycles. The topological polar surface area (TPSA) is 49.6 Å². The highest BCUT2D eigenvalue weighted by Crippen LogP contribution is 1.99. The predicted molar refractivity (Wildman–Crippen MR) is 44.1 cm³/mol. The van der Waals surface area contributed by atoms with Crippen molar-refractivity contribution in [2.75, 3.05) is 0 Å². The van der Waals surface area contributed by atoms with Gasteiger partial charge in [-0.15, -0.1) is 0 Å². The highest BCUT2D eigenvalue weighted by molar-refractivity contribution is 14.1. The number of hydrogen-bond acceptors (Lipinski definition) is 3. The lowest BCUT2D eigenvalue weighted by atomic mass is 10.4. The first-order chi connectivity index (χ1) is 4.83. The maximum absolute atomic E-state index is 8.26. The summed E-state index contributed by atoms with van der Waals surface area (Å²) in [6, 6.07) is 1.98. The summed E-state index contributed by atoms with van der Waals surface area (Å²) in [5.74, 6) is 0.586. The van der Waals surface area contributed by atoms with Crippen molar-refractivity contribution in [3.8, 4) is 6.07 Å². The molecule has 0 bridgehead atoms. The van der Waals surface area contributed by atoms with Gasteiger partial charge in [0.25, 0.3) is 0 Å². The number of hydrogen-bond donors (Lipinski definition) is 0. The predicted octanol–water partition coefficient (Wildman–Crippen LogP) is 1.15. The van der Waals surface area contributed by atoms with Crippen LogP contribution in [0.25, 0.3) is 0 Å². The van der Waals surface area contributed by atoms with Gasteiger partial charge in [0.05, 0.1) is 12.5 Å². The van der Waals surface area contributed by atoms with E-state index in [1.807, 2.05) is 6.07 Å². The molecule has 1 heterocycles. The molecule has 0 radical (unpaired) electrons. The number of nitriles is 1. The van der Waals surface area contributed by atoms with Crippen molar-refractivity contribution < 1.29 is 0 Å². The van der Waals surface area contributed by atoms with Gasteiger partial charge in [-0.2, -0.15) is 5.26 Å². The van der Waals surface area contributed by atoms with Crippen LogP contribution in [-0.4, -0.2) is 9.97 Å².